The normalized spacial score (nSPS) is 11.4. The Morgan fingerprint density at radius 1 is 1.03 bits per heavy atom. The quantitative estimate of drug-likeness (QED) is 0.326. The number of hydrogen-bond donors (Lipinski definition) is 4. The van der Waals surface area contributed by atoms with Gasteiger partial charge in [0.05, 0.1) is 28.8 Å². The number of nitrogens with zero attached hydrogens (tertiary/aromatic N) is 2. The third kappa shape index (κ3) is 4.53. The molecule has 0 fully saturated rings. The Balaban J connectivity index is 1.75. The molecule has 0 bridgehead atoms. The molecular weight excluding hydrogens is 448 g/mol. The first kappa shape index (κ1) is 22.8. The molecule has 7 heteroatoms. The third-order valence-electron chi connectivity index (χ3n) is 5.98. The molecular formula is C29H24N6O. The molecule has 36 heavy (non-hydrogen) atoms. The Morgan fingerprint density at radius 3 is 2.56 bits per heavy atom. The van der Waals surface area contributed by atoms with E-state index in [1.165, 1.54) is 0 Å². The lowest BCUT2D eigenvalue weighted by atomic mass is 9.99. The molecule has 1 aliphatic rings. The maximum atomic E-state index is 11.3. The highest BCUT2D eigenvalue weighted by Crippen LogP contribution is 2.23. The zero-order valence-electron chi connectivity index (χ0n) is 19.5. The summed E-state index contributed by atoms with van der Waals surface area (Å²) in [5.74, 6) is 5.34. The Kier molecular flexibility index (Phi) is 6.18. The molecule has 0 unspecified atom stereocenters. The molecule has 7 nitrogen and oxygen atoms in total. The molecule has 0 saturated carbocycles. The summed E-state index contributed by atoms with van der Waals surface area (Å²) in [5.41, 5.74) is 16.4. The van der Waals surface area contributed by atoms with Gasteiger partial charge in [-0.3, -0.25) is 14.8 Å². The smallest absolute Gasteiger partial charge is 0.293 e. The lowest BCUT2D eigenvalue weighted by Gasteiger charge is -2.20. The van der Waals surface area contributed by atoms with Gasteiger partial charge in [0, 0.05) is 35.3 Å². The second-order valence-corrected chi connectivity index (χ2v) is 8.32. The van der Waals surface area contributed by atoms with Gasteiger partial charge in [0.15, 0.2) is 0 Å². The van der Waals surface area contributed by atoms with Crippen molar-refractivity contribution in [2.24, 2.45) is 11.5 Å². The highest BCUT2D eigenvalue weighted by atomic mass is 16.1. The average molecular weight is 473 g/mol. The van der Waals surface area contributed by atoms with E-state index in [1.807, 2.05) is 30.3 Å². The van der Waals surface area contributed by atoms with Crippen LogP contribution in [0.1, 0.15) is 16.8 Å². The van der Waals surface area contributed by atoms with Crippen LogP contribution < -0.4 is 32.7 Å². The number of primary amides is 1. The SMILES string of the molecule is C=c1ncc(C#CC(N)=O)c2c1=c1cc(-c3ccc(CN)cc3)ccc1=C(NCc1ccccn1)N2. The molecule has 5 rings (SSSR count). The summed E-state index contributed by atoms with van der Waals surface area (Å²) in [6, 6.07) is 20.3. The van der Waals surface area contributed by atoms with Gasteiger partial charge in [0.25, 0.3) is 5.91 Å². The van der Waals surface area contributed by atoms with E-state index in [-0.39, 0.29) is 0 Å². The minimum absolute atomic E-state index is 0.495. The van der Waals surface area contributed by atoms with Crippen molar-refractivity contribution < 1.29 is 4.79 Å². The summed E-state index contributed by atoms with van der Waals surface area (Å²) >= 11 is 0. The first-order chi connectivity index (χ1) is 17.5. The summed E-state index contributed by atoms with van der Waals surface area (Å²) in [7, 11) is 0. The zero-order chi connectivity index (χ0) is 25.1. The maximum Gasteiger partial charge on any atom is 0.293 e. The molecule has 6 N–H and O–H groups in total. The van der Waals surface area contributed by atoms with E-state index in [4.69, 9.17) is 11.5 Å². The Bertz CT molecular complexity index is 1740. The number of carbonyl (C=O) groups excluding carboxylic acids is 1. The van der Waals surface area contributed by atoms with Gasteiger partial charge in [-0.05, 0) is 40.1 Å². The van der Waals surface area contributed by atoms with Crippen molar-refractivity contribution in [2.45, 2.75) is 13.1 Å². The van der Waals surface area contributed by atoms with Gasteiger partial charge in [0.1, 0.15) is 5.82 Å². The number of pyridine rings is 2. The molecule has 176 valence electrons. The lowest BCUT2D eigenvalue weighted by Crippen LogP contribution is -2.31. The topological polar surface area (TPSA) is 119 Å². The van der Waals surface area contributed by atoms with Crippen LogP contribution in [-0.2, 0) is 17.9 Å². The third-order valence-corrected chi connectivity index (χ3v) is 5.98. The molecule has 3 heterocycles. The fourth-order valence-electron chi connectivity index (χ4n) is 4.19. The number of anilines is 1. The van der Waals surface area contributed by atoms with Crippen LogP contribution >= 0.6 is 0 Å². The average Bonchev–Trinajstić information content (AvgIpc) is 2.91. The van der Waals surface area contributed by atoms with Gasteiger partial charge in [-0.25, -0.2) is 0 Å². The van der Waals surface area contributed by atoms with Crippen LogP contribution in [0.25, 0.3) is 23.5 Å². The van der Waals surface area contributed by atoms with Gasteiger partial charge in [0.2, 0.25) is 0 Å². The van der Waals surface area contributed by atoms with Crippen molar-refractivity contribution in [3.05, 3.63) is 111 Å². The summed E-state index contributed by atoms with van der Waals surface area (Å²) in [6.07, 6.45) is 3.36. The van der Waals surface area contributed by atoms with Crippen molar-refractivity contribution in [1.82, 2.24) is 15.3 Å². The fraction of sp³-hybridized carbons (Fsp3) is 0.0690. The van der Waals surface area contributed by atoms with E-state index in [9.17, 15) is 4.79 Å². The number of nitrogens with one attached hydrogen (secondary N) is 2. The van der Waals surface area contributed by atoms with E-state index in [1.54, 1.807) is 12.4 Å². The largest absolute Gasteiger partial charge is 0.365 e. The Hall–Kier alpha value is -4.93. The van der Waals surface area contributed by atoms with E-state index >= 15 is 0 Å². The second-order valence-electron chi connectivity index (χ2n) is 8.32. The van der Waals surface area contributed by atoms with Gasteiger partial charge >= 0.3 is 0 Å². The lowest BCUT2D eigenvalue weighted by molar-refractivity contribution is -0.112. The molecule has 0 aliphatic carbocycles. The van der Waals surface area contributed by atoms with Gasteiger partial charge < -0.3 is 22.1 Å². The number of rotatable bonds is 5. The number of aromatic nitrogens is 2. The van der Waals surface area contributed by atoms with E-state index in [2.05, 4.69) is 69.4 Å². The number of benzene rings is 2. The van der Waals surface area contributed by atoms with Crippen molar-refractivity contribution in [3.63, 3.8) is 0 Å². The Labute approximate surface area is 207 Å². The zero-order valence-corrected chi connectivity index (χ0v) is 19.5. The number of fused-ring (bicyclic) bond motifs is 2. The van der Waals surface area contributed by atoms with E-state index < -0.39 is 5.91 Å². The molecule has 0 radical (unpaired) electrons. The van der Waals surface area contributed by atoms with Crippen molar-refractivity contribution in [3.8, 4) is 23.0 Å². The summed E-state index contributed by atoms with van der Waals surface area (Å²) in [4.78, 5) is 20.2. The van der Waals surface area contributed by atoms with Crippen molar-refractivity contribution in [2.75, 3.05) is 5.32 Å². The predicted octanol–water partition coefficient (Wildman–Crippen LogP) is 1.42. The van der Waals surface area contributed by atoms with Crippen LogP contribution in [0.4, 0.5) is 5.69 Å². The highest BCUT2D eigenvalue weighted by molar-refractivity contribution is 5.93. The van der Waals surface area contributed by atoms with Crippen molar-refractivity contribution in [1.29, 1.82) is 0 Å². The highest BCUT2D eigenvalue weighted by Gasteiger charge is 2.15. The van der Waals surface area contributed by atoms with E-state index in [0.717, 1.165) is 49.5 Å². The van der Waals surface area contributed by atoms with Gasteiger partial charge in [-0.15, -0.1) is 0 Å². The summed E-state index contributed by atoms with van der Waals surface area (Å²) in [5, 5.41) is 10.3. The number of hydrogen-bond acceptors (Lipinski definition) is 6. The number of amides is 1. The molecule has 1 amide bonds. The van der Waals surface area contributed by atoms with Crippen LogP contribution in [0.15, 0.2) is 73.1 Å². The van der Waals surface area contributed by atoms with Crippen molar-refractivity contribution >= 4 is 24.0 Å². The minimum atomic E-state index is -0.709. The van der Waals surface area contributed by atoms with Crippen LogP contribution in [0, 0.1) is 22.3 Å². The van der Waals surface area contributed by atoms with Crippen LogP contribution in [0.5, 0.6) is 0 Å². The minimum Gasteiger partial charge on any atom is -0.365 e. The summed E-state index contributed by atoms with van der Waals surface area (Å²) in [6.45, 7) is 5.18. The van der Waals surface area contributed by atoms with E-state index in [0.29, 0.717) is 24.0 Å². The molecule has 0 atom stereocenters. The molecule has 0 spiro atoms. The number of nitrogens with two attached hydrogens (primary N) is 2. The molecule has 0 saturated heterocycles. The number of carbonyl (C=O) groups is 1. The van der Waals surface area contributed by atoms with Crippen LogP contribution in [0.2, 0.25) is 0 Å². The Morgan fingerprint density at radius 2 is 1.83 bits per heavy atom. The molecule has 2 aromatic heterocycles. The second kappa shape index (κ2) is 9.74. The summed E-state index contributed by atoms with van der Waals surface area (Å²) < 4.78 is 0. The van der Waals surface area contributed by atoms with Crippen LogP contribution in [0.3, 0.4) is 0 Å². The van der Waals surface area contributed by atoms with Gasteiger partial charge in [-0.2, -0.15) is 0 Å². The molecule has 2 aromatic carbocycles. The standard InChI is InChI=1S/C29H24N6O/c1-18-27-25-14-21(20-7-5-19(15-30)6-8-20)9-11-24(25)29(34-17-23-4-2-3-13-32-23)35-28(27)22(16-33-18)10-12-26(31)36/h2-9,11,13-14,16,34-35H,1,15,17,30H2,(H2,31,36). The monoisotopic (exact) mass is 472 g/mol. The first-order valence-corrected chi connectivity index (χ1v) is 11.4. The maximum absolute atomic E-state index is 11.3. The molecule has 4 aromatic rings. The molecule has 1 aliphatic heterocycles. The van der Waals surface area contributed by atoms with Crippen LogP contribution in [-0.4, -0.2) is 15.9 Å². The first-order valence-electron chi connectivity index (χ1n) is 11.4. The van der Waals surface area contributed by atoms with Gasteiger partial charge in [-0.1, -0.05) is 55.0 Å². The predicted molar refractivity (Wildman–Crippen MR) is 141 cm³/mol. The fourth-order valence-corrected chi connectivity index (χ4v) is 4.19.